The summed E-state index contributed by atoms with van der Waals surface area (Å²) in [6.45, 7) is 6.42. The molecule has 0 spiro atoms. The van der Waals surface area contributed by atoms with Crippen LogP contribution < -0.4 is 15.4 Å². The fourth-order valence-electron chi connectivity index (χ4n) is 2.22. The van der Waals surface area contributed by atoms with Crippen LogP contribution >= 0.6 is 12.2 Å². The van der Waals surface area contributed by atoms with Gasteiger partial charge < -0.3 is 10.6 Å². The summed E-state index contributed by atoms with van der Waals surface area (Å²) in [6.07, 6.45) is 0. The first-order valence-corrected chi connectivity index (χ1v) is 9.46. The highest BCUT2D eigenvalue weighted by Crippen LogP contribution is 2.24. The van der Waals surface area contributed by atoms with Gasteiger partial charge in [0.25, 0.3) is 10.0 Å². The van der Waals surface area contributed by atoms with Crippen LogP contribution in [0.15, 0.2) is 47.4 Å². The third kappa shape index (κ3) is 4.46. The lowest BCUT2D eigenvalue weighted by atomic mass is 10.1. The fourth-order valence-corrected chi connectivity index (χ4v) is 3.69. The van der Waals surface area contributed by atoms with Crippen molar-refractivity contribution in [1.29, 1.82) is 0 Å². The summed E-state index contributed by atoms with van der Waals surface area (Å²) in [4.78, 5) is 0.199. The zero-order chi connectivity index (χ0) is 17.7. The van der Waals surface area contributed by atoms with Crippen LogP contribution in [0.3, 0.4) is 0 Å². The van der Waals surface area contributed by atoms with E-state index in [-0.39, 0.29) is 4.90 Å². The Labute approximate surface area is 148 Å². The van der Waals surface area contributed by atoms with E-state index in [1.807, 2.05) is 39.0 Å². The van der Waals surface area contributed by atoms with Gasteiger partial charge in [0.05, 0.1) is 10.6 Å². The van der Waals surface area contributed by atoms with Crippen LogP contribution in [0, 0.1) is 13.8 Å². The van der Waals surface area contributed by atoms with Gasteiger partial charge in [-0.3, -0.25) is 4.72 Å². The minimum Gasteiger partial charge on any atom is -0.363 e. The fraction of sp³-hybridized carbons (Fsp3) is 0.235. The normalized spacial score (nSPS) is 11.0. The number of hydrogen-bond donors (Lipinski definition) is 3. The molecule has 128 valence electrons. The number of aryl methyl sites for hydroxylation is 2. The topological polar surface area (TPSA) is 70.2 Å². The van der Waals surface area contributed by atoms with Gasteiger partial charge in [0.1, 0.15) is 0 Å². The van der Waals surface area contributed by atoms with E-state index in [9.17, 15) is 8.42 Å². The summed E-state index contributed by atoms with van der Waals surface area (Å²) >= 11 is 5.10. The van der Waals surface area contributed by atoms with Gasteiger partial charge in [0.2, 0.25) is 0 Å². The first-order valence-electron chi connectivity index (χ1n) is 7.57. The summed E-state index contributed by atoms with van der Waals surface area (Å²) < 4.78 is 27.8. The van der Waals surface area contributed by atoms with Crippen LogP contribution in [-0.2, 0) is 10.0 Å². The van der Waals surface area contributed by atoms with Crippen molar-refractivity contribution in [2.24, 2.45) is 0 Å². The number of sulfonamides is 1. The van der Waals surface area contributed by atoms with Crippen molar-refractivity contribution < 1.29 is 8.42 Å². The van der Waals surface area contributed by atoms with Crippen LogP contribution in [0.4, 0.5) is 11.4 Å². The van der Waals surface area contributed by atoms with Crippen molar-refractivity contribution in [3.8, 4) is 0 Å². The maximum absolute atomic E-state index is 12.6. The summed E-state index contributed by atoms with van der Waals surface area (Å²) in [5.74, 6) is 0. The summed E-state index contributed by atoms with van der Waals surface area (Å²) in [5.41, 5.74) is 3.11. The van der Waals surface area contributed by atoms with Gasteiger partial charge in [-0.15, -0.1) is 0 Å². The highest BCUT2D eigenvalue weighted by Gasteiger charge is 2.16. The molecule has 0 saturated heterocycles. The second-order valence-corrected chi connectivity index (χ2v) is 7.47. The molecule has 0 aliphatic carbocycles. The molecule has 0 saturated carbocycles. The highest BCUT2D eigenvalue weighted by atomic mass is 32.2. The standard InChI is InChI=1S/C17H21N3O2S2/c1-4-18-17(23)19-14-8-10-15(11-9-14)24(21,22)20-16-12(2)6-5-7-13(16)3/h5-11,20H,4H2,1-3H3,(H2,18,19,23). The van der Waals surface area contributed by atoms with Crippen molar-refractivity contribution in [2.75, 3.05) is 16.6 Å². The summed E-state index contributed by atoms with van der Waals surface area (Å²) in [7, 11) is -3.64. The third-order valence-corrected chi connectivity index (χ3v) is 5.09. The van der Waals surface area contributed by atoms with Gasteiger partial charge in [-0.2, -0.15) is 0 Å². The van der Waals surface area contributed by atoms with E-state index in [0.29, 0.717) is 10.8 Å². The molecule has 0 aromatic heterocycles. The largest absolute Gasteiger partial charge is 0.363 e. The molecule has 0 atom stereocenters. The summed E-state index contributed by atoms with van der Waals surface area (Å²) in [6, 6.07) is 12.1. The van der Waals surface area contributed by atoms with Gasteiger partial charge in [-0.05, 0) is 68.4 Å². The molecule has 0 aliphatic rings. The molecule has 0 heterocycles. The second-order valence-electron chi connectivity index (χ2n) is 5.38. The molecule has 0 aliphatic heterocycles. The maximum Gasteiger partial charge on any atom is 0.261 e. The predicted molar refractivity (Wildman–Crippen MR) is 103 cm³/mol. The molecule has 3 N–H and O–H groups in total. The lowest BCUT2D eigenvalue weighted by Gasteiger charge is -2.14. The monoisotopic (exact) mass is 363 g/mol. The van der Waals surface area contributed by atoms with E-state index < -0.39 is 10.0 Å². The number of nitrogens with one attached hydrogen (secondary N) is 3. The molecule has 0 radical (unpaired) electrons. The molecule has 7 heteroatoms. The first-order chi connectivity index (χ1) is 11.3. The van der Waals surface area contributed by atoms with Gasteiger partial charge in [-0.25, -0.2) is 8.42 Å². The average Bonchev–Trinajstić information content (AvgIpc) is 2.52. The Hall–Kier alpha value is -2.12. The SMILES string of the molecule is CCNC(=S)Nc1ccc(S(=O)(=O)Nc2c(C)cccc2C)cc1. The zero-order valence-electron chi connectivity index (χ0n) is 13.9. The van der Waals surface area contributed by atoms with E-state index in [0.717, 1.165) is 23.4 Å². The predicted octanol–water partition coefficient (Wildman–Crippen LogP) is 3.41. The minimum absolute atomic E-state index is 0.199. The molecule has 0 fully saturated rings. The Kier molecular flexibility index (Phi) is 5.80. The molecule has 24 heavy (non-hydrogen) atoms. The molecule has 2 aromatic carbocycles. The Morgan fingerprint density at radius 3 is 2.17 bits per heavy atom. The zero-order valence-corrected chi connectivity index (χ0v) is 15.5. The Morgan fingerprint density at radius 2 is 1.62 bits per heavy atom. The maximum atomic E-state index is 12.6. The van der Waals surface area contributed by atoms with Gasteiger partial charge in [0.15, 0.2) is 5.11 Å². The average molecular weight is 364 g/mol. The summed E-state index contributed by atoms with van der Waals surface area (Å²) in [5, 5.41) is 6.47. The van der Waals surface area contributed by atoms with Crippen LogP contribution in [0.5, 0.6) is 0 Å². The number of benzene rings is 2. The van der Waals surface area contributed by atoms with Crippen LogP contribution in [-0.4, -0.2) is 20.1 Å². The molecule has 0 bridgehead atoms. The van der Waals surface area contributed by atoms with Gasteiger partial charge in [-0.1, -0.05) is 18.2 Å². The number of rotatable bonds is 5. The van der Waals surface area contributed by atoms with E-state index in [1.165, 1.54) is 0 Å². The van der Waals surface area contributed by atoms with E-state index in [1.54, 1.807) is 24.3 Å². The van der Waals surface area contributed by atoms with E-state index in [2.05, 4.69) is 15.4 Å². The van der Waals surface area contributed by atoms with Gasteiger partial charge in [0, 0.05) is 12.2 Å². The van der Waals surface area contributed by atoms with E-state index in [4.69, 9.17) is 12.2 Å². The highest BCUT2D eigenvalue weighted by molar-refractivity contribution is 7.92. The molecule has 0 unspecified atom stereocenters. The van der Waals surface area contributed by atoms with Crippen molar-refractivity contribution in [2.45, 2.75) is 25.7 Å². The first kappa shape index (κ1) is 18.2. The lowest BCUT2D eigenvalue weighted by Crippen LogP contribution is -2.27. The number of anilines is 2. The van der Waals surface area contributed by atoms with Gasteiger partial charge >= 0.3 is 0 Å². The van der Waals surface area contributed by atoms with Crippen molar-refractivity contribution >= 4 is 38.7 Å². The quantitative estimate of drug-likeness (QED) is 0.710. The molecule has 5 nitrogen and oxygen atoms in total. The number of hydrogen-bond acceptors (Lipinski definition) is 3. The second kappa shape index (κ2) is 7.63. The van der Waals surface area contributed by atoms with Crippen LogP contribution in [0.1, 0.15) is 18.1 Å². The molecular weight excluding hydrogens is 342 g/mol. The Morgan fingerprint density at radius 1 is 1.04 bits per heavy atom. The lowest BCUT2D eigenvalue weighted by molar-refractivity contribution is 0.601. The number of para-hydroxylation sites is 1. The van der Waals surface area contributed by atoms with Crippen molar-refractivity contribution in [3.05, 3.63) is 53.6 Å². The minimum atomic E-state index is -3.64. The Balaban J connectivity index is 2.19. The van der Waals surface area contributed by atoms with E-state index >= 15 is 0 Å². The number of thiocarbonyl (C=S) groups is 1. The van der Waals surface area contributed by atoms with Crippen molar-refractivity contribution in [3.63, 3.8) is 0 Å². The molecular formula is C17H21N3O2S2. The third-order valence-electron chi connectivity index (χ3n) is 3.48. The molecule has 2 aromatic rings. The van der Waals surface area contributed by atoms with Crippen molar-refractivity contribution in [1.82, 2.24) is 5.32 Å². The van der Waals surface area contributed by atoms with Crippen LogP contribution in [0.25, 0.3) is 0 Å². The molecule has 2 rings (SSSR count). The van der Waals surface area contributed by atoms with Crippen LogP contribution in [0.2, 0.25) is 0 Å². The Bertz CT molecular complexity index is 811. The smallest absolute Gasteiger partial charge is 0.261 e. The molecule has 0 amide bonds.